The fourth-order valence-electron chi connectivity index (χ4n) is 1.50. The van der Waals surface area contributed by atoms with Crippen LogP contribution in [0.2, 0.25) is 0 Å². The Morgan fingerprint density at radius 1 is 1.58 bits per heavy atom. The second-order valence-corrected chi connectivity index (χ2v) is 4.15. The van der Waals surface area contributed by atoms with Crippen LogP contribution in [0.1, 0.15) is 12.0 Å². The number of hydrogen-bond donors (Lipinski definition) is 2. The van der Waals surface area contributed by atoms with Gasteiger partial charge < -0.3 is 15.8 Å². The molecule has 3 N–H and O–H groups in total. The van der Waals surface area contributed by atoms with Crippen molar-refractivity contribution in [2.45, 2.75) is 19.4 Å². The molecule has 19 heavy (non-hydrogen) atoms. The number of amides is 1. The molecule has 0 aliphatic carbocycles. The molecule has 104 valence electrons. The number of nitro groups is 1. The number of nitrogens with two attached hydrogens (primary N) is 1. The molecule has 0 aromatic heterocycles. The van der Waals surface area contributed by atoms with Gasteiger partial charge in [-0.2, -0.15) is 0 Å². The van der Waals surface area contributed by atoms with E-state index in [0.29, 0.717) is 13.0 Å². The molecule has 0 saturated carbocycles. The molecule has 1 rings (SSSR count). The Kier molecular flexibility index (Phi) is 5.40. The number of hydrogen-bond acceptors (Lipinski definition) is 5. The van der Waals surface area contributed by atoms with Gasteiger partial charge in [0.05, 0.1) is 11.0 Å². The van der Waals surface area contributed by atoms with E-state index in [-0.39, 0.29) is 11.4 Å². The molecule has 0 saturated heterocycles. The lowest BCUT2D eigenvalue weighted by atomic mass is 10.1. The molecule has 0 fully saturated rings. The molecule has 0 spiro atoms. The highest BCUT2D eigenvalue weighted by atomic mass is 16.6. The minimum atomic E-state index is -0.763. The number of nitrogens with zero attached hydrogens (tertiary/aromatic N) is 1. The van der Waals surface area contributed by atoms with Crippen molar-refractivity contribution < 1.29 is 14.5 Å². The Morgan fingerprint density at radius 2 is 2.26 bits per heavy atom. The number of ether oxygens (including phenoxy) is 1. The minimum absolute atomic E-state index is 0.146. The van der Waals surface area contributed by atoms with Crippen LogP contribution in [0.4, 0.5) is 11.4 Å². The van der Waals surface area contributed by atoms with Crippen LogP contribution in [-0.4, -0.2) is 30.6 Å². The van der Waals surface area contributed by atoms with Crippen molar-refractivity contribution in [3.05, 3.63) is 33.9 Å². The number of carbonyl (C=O) groups excluding carboxylic acids is 1. The third-order valence-corrected chi connectivity index (χ3v) is 2.58. The number of methoxy groups -OCH3 is 1. The molecule has 1 atom stereocenters. The Balaban J connectivity index is 2.81. The van der Waals surface area contributed by atoms with Gasteiger partial charge in [0.25, 0.3) is 5.69 Å². The van der Waals surface area contributed by atoms with Crippen LogP contribution in [0.15, 0.2) is 18.2 Å². The van der Waals surface area contributed by atoms with Crippen LogP contribution in [-0.2, 0) is 9.53 Å². The highest BCUT2D eigenvalue weighted by Gasteiger charge is 2.19. The monoisotopic (exact) mass is 267 g/mol. The van der Waals surface area contributed by atoms with Crippen LogP contribution in [0.25, 0.3) is 0 Å². The molecule has 0 heterocycles. The van der Waals surface area contributed by atoms with E-state index in [1.54, 1.807) is 13.0 Å². The van der Waals surface area contributed by atoms with Gasteiger partial charge in [-0.3, -0.25) is 14.9 Å². The van der Waals surface area contributed by atoms with Crippen molar-refractivity contribution in [2.75, 3.05) is 19.0 Å². The number of aryl methyl sites for hydroxylation is 1. The summed E-state index contributed by atoms with van der Waals surface area (Å²) in [5.41, 5.74) is 6.39. The third-order valence-electron chi connectivity index (χ3n) is 2.58. The molecule has 1 unspecified atom stereocenters. The topological polar surface area (TPSA) is 107 Å². The van der Waals surface area contributed by atoms with Crippen molar-refractivity contribution in [3.8, 4) is 0 Å². The lowest BCUT2D eigenvalue weighted by Crippen LogP contribution is -2.36. The lowest BCUT2D eigenvalue weighted by Gasteiger charge is -2.12. The number of rotatable bonds is 6. The lowest BCUT2D eigenvalue weighted by molar-refractivity contribution is -0.384. The Bertz CT molecular complexity index is 476. The average Bonchev–Trinajstić information content (AvgIpc) is 2.37. The molecular formula is C12H17N3O4. The summed E-state index contributed by atoms with van der Waals surface area (Å²) in [6, 6.07) is 3.81. The zero-order chi connectivity index (χ0) is 14.4. The van der Waals surface area contributed by atoms with E-state index >= 15 is 0 Å². The van der Waals surface area contributed by atoms with E-state index in [9.17, 15) is 14.9 Å². The van der Waals surface area contributed by atoms with Gasteiger partial charge in [-0.25, -0.2) is 0 Å². The number of carbonyl (C=O) groups is 1. The fourth-order valence-corrected chi connectivity index (χ4v) is 1.50. The number of nitrogens with one attached hydrogen (secondary N) is 1. The summed E-state index contributed by atoms with van der Waals surface area (Å²) in [5, 5.41) is 13.4. The maximum absolute atomic E-state index is 11.8. The van der Waals surface area contributed by atoms with E-state index in [1.165, 1.54) is 19.2 Å². The Morgan fingerprint density at radius 3 is 2.84 bits per heavy atom. The summed E-state index contributed by atoms with van der Waals surface area (Å²) in [5.74, 6) is -0.469. The fraction of sp³-hybridized carbons (Fsp3) is 0.417. The van der Waals surface area contributed by atoms with Crippen LogP contribution in [0, 0.1) is 17.0 Å². The van der Waals surface area contributed by atoms with E-state index in [0.717, 1.165) is 5.56 Å². The first kappa shape index (κ1) is 15.1. The molecule has 1 aromatic rings. The van der Waals surface area contributed by atoms with Gasteiger partial charge in [0.15, 0.2) is 0 Å². The van der Waals surface area contributed by atoms with Crippen molar-refractivity contribution in [1.82, 2.24) is 0 Å². The Hall–Kier alpha value is -1.99. The molecule has 1 aromatic carbocycles. The van der Waals surface area contributed by atoms with E-state index < -0.39 is 16.9 Å². The van der Waals surface area contributed by atoms with Crippen LogP contribution in [0.3, 0.4) is 0 Å². The SMILES string of the molecule is COCCC(N)C(=O)Nc1ccc(C)cc1[N+](=O)[O-]. The van der Waals surface area contributed by atoms with Gasteiger partial charge in [0.1, 0.15) is 5.69 Å². The first-order valence-electron chi connectivity index (χ1n) is 5.76. The maximum atomic E-state index is 11.8. The molecule has 7 heteroatoms. The summed E-state index contributed by atoms with van der Waals surface area (Å²) in [7, 11) is 1.51. The highest BCUT2D eigenvalue weighted by molar-refractivity contribution is 5.96. The normalized spacial score (nSPS) is 11.9. The van der Waals surface area contributed by atoms with Crippen molar-refractivity contribution in [3.63, 3.8) is 0 Å². The first-order valence-corrected chi connectivity index (χ1v) is 5.76. The minimum Gasteiger partial charge on any atom is -0.385 e. The van der Waals surface area contributed by atoms with Crippen molar-refractivity contribution in [1.29, 1.82) is 0 Å². The highest BCUT2D eigenvalue weighted by Crippen LogP contribution is 2.25. The van der Waals surface area contributed by atoms with E-state index in [4.69, 9.17) is 10.5 Å². The van der Waals surface area contributed by atoms with Gasteiger partial charge in [-0.05, 0) is 25.0 Å². The summed E-state index contributed by atoms with van der Waals surface area (Å²) < 4.78 is 4.82. The number of anilines is 1. The number of benzene rings is 1. The summed E-state index contributed by atoms with van der Waals surface area (Å²) >= 11 is 0. The maximum Gasteiger partial charge on any atom is 0.293 e. The zero-order valence-electron chi connectivity index (χ0n) is 10.9. The second-order valence-electron chi connectivity index (χ2n) is 4.15. The van der Waals surface area contributed by atoms with E-state index in [2.05, 4.69) is 5.32 Å². The largest absolute Gasteiger partial charge is 0.385 e. The van der Waals surface area contributed by atoms with Crippen molar-refractivity contribution in [2.24, 2.45) is 5.73 Å². The van der Waals surface area contributed by atoms with Gasteiger partial charge in [-0.15, -0.1) is 0 Å². The second kappa shape index (κ2) is 6.81. The zero-order valence-corrected chi connectivity index (χ0v) is 10.9. The van der Waals surface area contributed by atoms with Crippen LogP contribution < -0.4 is 11.1 Å². The van der Waals surface area contributed by atoms with Gasteiger partial charge in [0, 0.05) is 19.8 Å². The summed E-state index contributed by atoms with van der Waals surface area (Å²) in [4.78, 5) is 22.1. The predicted octanol–water partition coefficient (Wildman–Crippen LogP) is 1.21. The molecule has 1 amide bonds. The summed E-state index contributed by atoms with van der Waals surface area (Å²) in [6.45, 7) is 2.09. The quantitative estimate of drug-likeness (QED) is 0.595. The molecule has 0 aliphatic rings. The van der Waals surface area contributed by atoms with E-state index in [1.807, 2.05) is 0 Å². The van der Waals surface area contributed by atoms with Crippen LogP contribution >= 0.6 is 0 Å². The molecule has 0 radical (unpaired) electrons. The standard InChI is InChI=1S/C12H17N3O4/c1-8-3-4-10(11(7-8)15(17)18)14-12(16)9(13)5-6-19-2/h3-4,7,9H,5-6,13H2,1-2H3,(H,14,16). The van der Waals surface area contributed by atoms with Gasteiger partial charge >= 0.3 is 0 Å². The number of nitro benzene ring substituents is 1. The molecule has 0 aliphatic heterocycles. The Labute approximate surface area is 110 Å². The molecule has 0 bridgehead atoms. The molecule has 7 nitrogen and oxygen atoms in total. The van der Waals surface area contributed by atoms with Gasteiger partial charge in [0.2, 0.25) is 5.91 Å². The van der Waals surface area contributed by atoms with Crippen LogP contribution in [0.5, 0.6) is 0 Å². The average molecular weight is 267 g/mol. The molecular weight excluding hydrogens is 250 g/mol. The first-order chi connectivity index (χ1) is 8.95. The smallest absolute Gasteiger partial charge is 0.293 e. The third kappa shape index (κ3) is 4.31. The summed E-state index contributed by atoms with van der Waals surface area (Å²) in [6.07, 6.45) is 0.349. The van der Waals surface area contributed by atoms with Gasteiger partial charge in [-0.1, -0.05) is 6.07 Å². The predicted molar refractivity (Wildman–Crippen MR) is 70.9 cm³/mol. The van der Waals surface area contributed by atoms with Crippen molar-refractivity contribution >= 4 is 17.3 Å².